The number of hydrogen-bond acceptors (Lipinski definition) is 5. The molecule has 2 aromatic heterocycles. The number of carbonyl (C=O) groups excluding carboxylic acids is 1. The highest BCUT2D eigenvalue weighted by atomic mass is 32.1. The fraction of sp³-hybridized carbons (Fsp3) is 0.133. The van der Waals surface area contributed by atoms with Gasteiger partial charge in [0.15, 0.2) is 0 Å². The van der Waals surface area contributed by atoms with Gasteiger partial charge in [0.2, 0.25) is 0 Å². The molecule has 6 heteroatoms. The van der Waals surface area contributed by atoms with Crippen molar-refractivity contribution in [3.05, 3.63) is 46.5 Å². The van der Waals surface area contributed by atoms with Crippen LogP contribution in [0.15, 0.2) is 30.5 Å². The van der Waals surface area contributed by atoms with E-state index >= 15 is 0 Å². The average Bonchev–Trinajstić information content (AvgIpc) is 2.76. The number of carbonyl (C=O) groups is 1. The van der Waals surface area contributed by atoms with Crippen molar-refractivity contribution in [2.45, 2.75) is 13.8 Å². The van der Waals surface area contributed by atoms with E-state index in [1.807, 2.05) is 26.0 Å². The summed E-state index contributed by atoms with van der Waals surface area (Å²) in [5.74, 6) is -0.222. The number of nitrogens with zero attached hydrogens (tertiary/aromatic N) is 2. The number of fused-ring (bicyclic) bond motifs is 1. The molecule has 5 nitrogen and oxygen atoms in total. The van der Waals surface area contributed by atoms with E-state index in [1.165, 1.54) is 11.3 Å². The van der Waals surface area contributed by atoms with Crippen molar-refractivity contribution in [1.82, 2.24) is 10.2 Å². The van der Waals surface area contributed by atoms with Crippen LogP contribution in [0.4, 0.5) is 11.4 Å². The number of anilines is 2. The first kappa shape index (κ1) is 13.5. The zero-order valence-electron chi connectivity index (χ0n) is 11.7. The number of nitrogens with one attached hydrogen (secondary N) is 1. The number of hydrogen-bond donors (Lipinski definition) is 2. The van der Waals surface area contributed by atoms with Crippen molar-refractivity contribution in [1.29, 1.82) is 0 Å². The molecule has 0 fully saturated rings. The summed E-state index contributed by atoms with van der Waals surface area (Å²) in [7, 11) is 0. The van der Waals surface area contributed by atoms with E-state index in [9.17, 15) is 4.79 Å². The number of aryl methyl sites for hydroxylation is 2. The highest BCUT2D eigenvalue weighted by Crippen LogP contribution is 2.32. The highest BCUT2D eigenvalue weighted by Gasteiger charge is 2.17. The van der Waals surface area contributed by atoms with E-state index in [4.69, 9.17) is 5.73 Å². The maximum absolute atomic E-state index is 12.4. The lowest BCUT2D eigenvalue weighted by Crippen LogP contribution is -2.12. The van der Waals surface area contributed by atoms with Crippen LogP contribution in [0.3, 0.4) is 0 Å². The van der Waals surface area contributed by atoms with Gasteiger partial charge in [0.1, 0.15) is 9.71 Å². The largest absolute Gasteiger partial charge is 0.397 e. The van der Waals surface area contributed by atoms with Gasteiger partial charge in [0.25, 0.3) is 5.91 Å². The molecule has 0 saturated carbocycles. The third-order valence-corrected chi connectivity index (χ3v) is 4.21. The van der Waals surface area contributed by atoms with E-state index in [0.717, 1.165) is 22.2 Å². The van der Waals surface area contributed by atoms with Gasteiger partial charge in [-0.3, -0.25) is 4.79 Å². The maximum Gasteiger partial charge on any atom is 0.267 e. The van der Waals surface area contributed by atoms with Crippen LogP contribution >= 0.6 is 11.3 Å². The lowest BCUT2D eigenvalue weighted by molar-refractivity contribution is 0.103. The van der Waals surface area contributed by atoms with Crippen LogP contribution in [-0.2, 0) is 0 Å². The van der Waals surface area contributed by atoms with Gasteiger partial charge in [-0.1, -0.05) is 6.07 Å². The minimum atomic E-state index is -0.222. The first-order valence-corrected chi connectivity index (χ1v) is 7.25. The Bertz CT molecular complexity index is 821. The van der Waals surface area contributed by atoms with Gasteiger partial charge >= 0.3 is 0 Å². The number of rotatable bonds is 2. The van der Waals surface area contributed by atoms with Gasteiger partial charge in [-0.05, 0) is 43.2 Å². The Morgan fingerprint density at radius 3 is 2.62 bits per heavy atom. The Kier molecular flexibility index (Phi) is 3.31. The summed E-state index contributed by atoms with van der Waals surface area (Å²) in [6.07, 6.45) is 1.57. The second-order valence-electron chi connectivity index (χ2n) is 4.93. The zero-order valence-corrected chi connectivity index (χ0v) is 12.5. The molecule has 0 saturated heterocycles. The predicted octanol–water partition coefficient (Wildman–Crippen LogP) is 3.14. The van der Waals surface area contributed by atoms with Crippen molar-refractivity contribution in [3.63, 3.8) is 0 Å². The molecule has 0 radical (unpaired) electrons. The lowest BCUT2D eigenvalue weighted by Gasteiger charge is -2.07. The highest BCUT2D eigenvalue weighted by molar-refractivity contribution is 7.21. The third kappa shape index (κ3) is 2.57. The van der Waals surface area contributed by atoms with Crippen molar-refractivity contribution < 1.29 is 4.79 Å². The molecule has 0 aliphatic carbocycles. The molecule has 0 bridgehead atoms. The molecule has 3 N–H and O–H groups in total. The Balaban J connectivity index is 1.95. The van der Waals surface area contributed by atoms with E-state index in [2.05, 4.69) is 21.6 Å². The average molecular weight is 298 g/mol. The molecule has 106 valence electrons. The van der Waals surface area contributed by atoms with Gasteiger partial charge in [0, 0.05) is 11.1 Å². The fourth-order valence-electron chi connectivity index (χ4n) is 2.28. The molecule has 1 amide bonds. The molecular weight excluding hydrogens is 284 g/mol. The van der Waals surface area contributed by atoms with Crippen LogP contribution in [0, 0.1) is 13.8 Å². The molecule has 3 rings (SSSR count). The molecule has 3 aromatic rings. The first-order chi connectivity index (χ1) is 10.0. The van der Waals surface area contributed by atoms with Crippen LogP contribution in [0.2, 0.25) is 0 Å². The van der Waals surface area contributed by atoms with Gasteiger partial charge in [0.05, 0.1) is 11.9 Å². The molecular formula is C15H14N4OS. The van der Waals surface area contributed by atoms with Crippen LogP contribution < -0.4 is 11.1 Å². The molecule has 1 aromatic carbocycles. The second kappa shape index (κ2) is 5.14. The minimum Gasteiger partial charge on any atom is -0.397 e. The molecule has 0 atom stereocenters. The van der Waals surface area contributed by atoms with E-state index in [1.54, 1.807) is 12.3 Å². The van der Waals surface area contributed by atoms with Crippen molar-refractivity contribution in [2.24, 2.45) is 0 Å². The Labute approximate surface area is 125 Å². The summed E-state index contributed by atoms with van der Waals surface area (Å²) < 4.78 is 0. The minimum absolute atomic E-state index is 0.222. The number of thiophene rings is 1. The monoisotopic (exact) mass is 298 g/mol. The smallest absolute Gasteiger partial charge is 0.267 e. The van der Waals surface area contributed by atoms with Crippen LogP contribution in [0.25, 0.3) is 10.2 Å². The summed E-state index contributed by atoms with van der Waals surface area (Å²) in [6, 6.07) is 7.67. The first-order valence-electron chi connectivity index (χ1n) is 6.44. The molecule has 0 aliphatic rings. The molecule has 0 spiro atoms. The second-order valence-corrected chi connectivity index (χ2v) is 5.92. The Hall–Kier alpha value is -2.47. The maximum atomic E-state index is 12.4. The Morgan fingerprint density at radius 2 is 1.95 bits per heavy atom. The number of aromatic nitrogens is 2. The third-order valence-electron chi connectivity index (χ3n) is 3.11. The van der Waals surface area contributed by atoms with Crippen molar-refractivity contribution >= 4 is 38.8 Å². The molecule has 21 heavy (non-hydrogen) atoms. The van der Waals surface area contributed by atoms with Crippen LogP contribution in [0.1, 0.15) is 20.8 Å². The normalized spacial score (nSPS) is 10.8. The van der Waals surface area contributed by atoms with Crippen molar-refractivity contribution in [3.8, 4) is 0 Å². The SMILES string of the molecule is Cc1cc(C)cc(NC(=O)c2sc3nnccc3c2N)c1. The quantitative estimate of drug-likeness (QED) is 0.761. The van der Waals surface area contributed by atoms with Gasteiger partial charge < -0.3 is 11.1 Å². The fourth-order valence-corrected chi connectivity index (χ4v) is 3.21. The van der Waals surface area contributed by atoms with Crippen molar-refractivity contribution in [2.75, 3.05) is 11.1 Å². The van der Waals surface area contributed by atoms with Gasteiger partial charge in [-0.2, -0.15) is 5.10 Å². The lowest BCUT2D eigenvalue weighted by atomic mass is 10.1. The molecule has 2 heterocycles. The van der Waals surface area contributed by atoms with E-state index < -0.39 is 0 Å². The van der Waals surface area contributed by atoms with Gasteiger partial charge in [-0.25, -0.2) is 0 Å². The number of amides is 1. The molecule has 0 unspecified atom stereocenters. The number of nitrogens with two attached hydrogens (primary N) is 1. The number of nitrogen functional groups attached to an aromatic ring is 1. The molecule has 0 aliphatic heterocycles. The standard InChI is InChI=1S/C15H14N4OS/c1-8-5-9(2)7-10(6-8)18-14(20)13-12(16)11-3-4-17-19-15(11)21-13/h3-7H,16H2,1-2H3,(H,18,20). The van der Waals surface area contributed by atoms with Crippen LogP contribution in [0.5, 0.6) is 0 Å². The summed E-state index contributed by atoms with van der Waals surface area (Å²) in [6.45, 7) is 3.98. The zero-order chi connectivity index (χ0) is 15.0. The summed E-state index contributed by atoms with van der Waals surface area (Å²) in [5.41, 5.74) is 9.45. The predicted molar refractivity (Wildman–Crippen MR) is 85.7 cm³/mol. The van der Waals surface area contributed by atoms with Crippen LogP contribution in [-0.4, -0.2) is 16.1 Å². The number of benzene rings is 1. The van der Waals surface area contributed by atoms with E-state index in [0.29, 0.717) is 15.4 Å². The topological polar surface area (TPSA) is 80.9 Å². The summed E-state index contributed by atoms with van der Waals surface area (Å²) >= 11 is 1.25. The van der Waals surface area contributed by atoms with E-state index in [-0.39, 0.29) is 5.91 Å². The Morgan fingerprint density at radius 1 is 1.24 bits per heavy atom. The summed E-state index contributed by atoms with van der Waals surface area (Å²) in [5, 5.41) is 11.4. The van der Waals surface area contributed by atoms with Gasteiger partial charge in [-0.15, -0.1) is 16.4 Å². The summed E-state index contributed by atoms with van der Waals surface area (Å²) in [4.78, 5) is 13.5.